The topological polar surface area (TPSA) is 135 Å². The Morgan fingerprint density at radius 3 is 1.67 bits per heavy atom. The zero-order valence-electron chi connectivity index (χ0n) is 25.6. The monoisotopic (exact) mass is 618 g/mol. The standard InChI is InChI=1S/C32H34N4O9/c1-17-22-9-18(37)15-35(22)30(39)20-11-26(42-4)28(13-23(20)33(17)2)44-7-6-8-45-29-14-24-21(12-27(29)43-5)31(40)36-16-19(38)10-25(36)32(41)34(24)3/h11-14,22,25H,1,6-10,15-16H2,2-5H3. The third-order valence-corrected chi connectivity index (χ3v) is 8.79. The molecule has 4 aliphatic rings. The number of methoxy groups -OCH3 is 2. The number of carbonyl (C=O) groups is 5. The van der Waals surface area contributed by atoms with Gasteiger partial charge in [0, 0.05) is 51.2 Å². The van der Waals surface area contributed by atoms with Crippen molar-refractivity contribution in [3.8, 4) is 23.0 Å². The van der Waals surface area contributed by atoms with E-state index in [0.29, 0.717) is 52.1 Å². The van der Waals surface area contributed by atoms with E-state index in [0.717, 1.165) is 0 Å². The van der Waals surface area contributed by atoms with Crippen LogP contribution < -0.4 is 28.7 Å². The van der Waals surface area contributed by atoms with Crippen molar-refractivity contribution in [3.63, 3.8) is 0 Å². The minimum Gasteiger partial charge on any atom is -0.493 e. The molecule has 13 nitrogen and oxygen atoms in total. The second-order valence-corrected chi connectivity index (χ2v) is 11.4. The Bertz CT molecular complexity index is 1530. The highest BCUT2D eigenvalue weighted by molar-refractivity contribution is 6.14. The zero-order chi connectivity index (χ0) is 32.2. The first-order chi connectivity index (χ1) is 21.5. The summed E-state index contributed by atoms with van der Waals surface area (Å²) in [4.78, 5) is 69.9. The number of hydrogen-bond donors (Lipinski definition) is 0. The summed E-state index contributed by atoms with van der Waals surface area (Å²) in [6, 6.07) is 5.28. The third-order valence-electron chi connectivity index (χ3n) is 8.79. The minimum absolute atomic E-state index is 0.000280. The second-order valence-electron chi connectivity index (χ2n) is 11.4. The van der Waals surface area contributed by atoms with Crippen LogP contribution in [-0.2, 0) is 14.4 Å². The first-order valence-electron chi connectivity index (χ1n) is 14.6. The molecule has 0 radical (unpaired) electrons. The highest BCUT2D eigenvalue weighted by Crippen LogP contribution is 2.42. The van der Waals surface area contributed by atoms with Gasteiger partial charge in [-0.05, 0) is 12.1 Å². The van der Waals surface area contributed by atoms with E-state index in [9.17, 15) is 24.0 Å². The van der Waals surface area contributed by atoms with Crippen molar-refractivity contribution in [2.24, 2.45) is 0 Å². The van der Waals surface area contributed by atoms with Crippen LogP contribution in [0.1, 0.15) is 40.0 Å². The average molecular weight is 619 g/mol. The van der Waals surface area contributed by atoms with Crippen LogP contribution in [0.2, 0.25) is 0 Å². The number of ether oxygens (including phenoxy) is 4. The Labute approximate surface area is 259 Å². The number of rotatable bonds is 8. The molecule has 2 fully saturated rings. The van der Waals surface area contributed by atoms with Crippen LogP contribution in [-0.4, -0.2) is 106 Å². The number of ketones is 2. The molecule has 6 rings (SSSR count). The van der Waals surface area contributed by atoms with Gasteiger partial charge in [0.25, 0.3) is 11.8 Å². The van der Waals surface area contributed by atoms with E-state index in [1.807, 2.05) is 4.90 Å². The molecule has 4 aliphatic heterocycles. The van der Waals surface area contributed by atoms with Crippen molar-refractivity contribution in [3.05, 3.63) is 47.7 Å². The molecule has 0 aliphatic carbocycles. The maximum atomic E-state index is 13.4. The summed E-state index contributed by atoms with van der Waals surface area (Å²) in [6.07, 6.45) is 0.687. The number of hydrogen-bond acceptors (Lipinski definition) is 10. The van der Waals surface area contributed by atoms with Crippen LogP contribution in [0.5, 0.6) is 23.0 Å². The van der Waals surface area contributed by atoms with Crippen molar-refractivity contribution >= 4 is 40.7 Å². The first kappa shape index (κ1) is 30.0. The van der Waals surface area contributed by atoms with Gasteiger partial charge in [0.1, 0.15) is 6.04 Å². The van der Waals surface area contributed by atoms with Crippen molar-refractivity contribution in [1.82, 2.24) is 9.80 Å². The lowest BCUT2D eigenvalue weighted by Crippen LogP contribution is -2.43. The van der Waals surface area contributed by atoms with E-state index in [2.05, 4.69) is 6.58 Å². The molecule has 236 valence electrons. The highest BCUT2D eigenvalue weighted by atomic mass is 16.5. The van der Waals surface area contributed by atoms with Crippen molar-refractivity contribution in [2.45, 2.75) is 31.3 Å². The smallest absolute Gasteiger partial charge is 0.257 e. The van der Waals surface area contributed by atoms with Crippen LogP contribution in [0.3, 0.4) is 0 Å². The highest BCUT2D eigenvalue weighted by Gasteiger charge is 2.45. The van der Waals surface area contributed by atoms with Gasteiger partial charge in [-0.15, -0.1) is 0 Å². The van der Waals surface area contributed by atoms with Crippen LogP contribution in [0.25, 0.3) is 0 Å². The summed E-state index contributed by atoms with van der Waals surface area (Å²) in [5, 5.41) is 0. The summed E-state index contributed by atoms with van der Waals surface area (Å²) in [6.45, 7) is 4.57. The Morgan fingerprint density at radius 2 is 1.16 bits per heavy atom. The Kier molecular flexibility index (Phi) is 7.63. The van der Waals surface area contributed by atoms with Gasteiger partial charge in [0.2, 0.25) is 5.91 Å². The molecule has 2 aromatic carbocycles. The largest absolute Gasteiger partial charge is 0.493 e. The molecule has 2 aromatic rings. The number of amides is 3. The average Bonchev–Trinajstić information content (AvgIpc) is 3.60. The van der Waals surface area contributed by atoms with Gasteiger partial charge < -0.3 is 38.5 Å². The fourth-order valence-corrected chi connectivity index (χ4v) is 6.32. The minimum atomic E-state index is -0.822. The summed E-state index contributed by atoms with van der Waals surface area (Å²) < 4.78 is 23.1. The maximum absolute atomic E-state index is 13.4. The van der Waals surface area contributed by atoms with Gasteiger partial charge in [-0.25, -0.2) is 0 Å². The summed E-state index contributed by atoms with van der Waals surface area (Å²) in [5.74, 6) is 0.310. The fraction of sp³-hybridized carbons (Fsp3) is 0.406. The third kappa shape index (κ3) is 5.01. The number of fused-ring (bicyclic) bond motifs is 4. The Morgan fingerprint density at radius 1 is 0.689 bits per heavy atom. The van der Waals surface area contributed by atoms with Crippen molar-refractivity contribution in [1.29, 1.82) is 0 Å². The lowest BCUT2D eigenvalue weighted by molar-refractivity contribution is -0.122. The molecule has 2 saturated heterocycles. The van der Waals surface area contributed by atoms with Crippen LogP contribution in [0.15, 0.2) is 36.5 Å². The zero-order valence-corrected chi connectivity index (χ0v) is 25.6. The van der Waals surface area contributed by atoms with Gasteiger partial charge in [0.15, 0.2) is 34.6 Å². The summed E-state index contributed by atoms with van der Waals surface area (Å²) in [7, 11) is 6.32. The van der Waals surface area contributed by atoms with Gasteiger partial charge in [-0.3, -0.25) is 24.0 Å². The molecule has 0 bridgehead atoms. The van der Waals surface area contributed by atoms with E-state index in [1.165, 1.54) is 30.1 Å². The number of carbonyl (C=O) groups excluding carboxylic acids is 5. The van der Waals surface area contributed by atoms with E-state index in [1.54, 1.807) is 37.2 Å². The quantitative estimate of drug-likeness (QED) is 0.405. The maximum Gasteiger partial charge on any atom is 0.257 e. The summed E-state index contributed by atoms with van der Waals surface area (Å²) >= 11 is 0. The Balaban J connectivity index is 1.15. The van der Waals surface area contributed by atoms with E-state index in [-0.39, 0.29) is 68.1 Å². The van der Waals surface area contributed by atoms with E-state index < -0.39 is 18.0 Å². The second kappa shape index (κ2) is 11.5. The molecule has 2 atom stereocenters. The van der Waals surface area contributed by atoms with Crippen LogP contribution >= 0.6 is 0 Å². The van der Waals surface area contributed by atoms with Crippen LogP contribution in [0, 0.1) is 0 Å². The molecule has 0 N–H and O–H groups in total. The number of nitrogens with zero attached hydrogens (tertiary/aromatic N) is 4. The van der Waals surface area contributed by atoms with E-state index >= 15 is 0 Å². The predicted octanol–water partition coefficient (Wildman–Crippen LogP) is 2.06. The number of likely N-dealkylation sites (N-methyl/N-ethyl adjacent to an activating group) is 2. The molecular formula is C32H34N4O9. The SMILES string of the molecule is C=C1C2CC(=O)CN2C(=O)c2cc(OC)c(OCCCOc3cc4c(cc3OC)C(=O)N3CC(=O)CC3C(=O)N4C)cc2N1C. The molecule has 0 aromatic heterocycles. The number of benzene rings is 2. The molecule has 3 amide bonds. The molecule has 4 heterocycles. The van der Waals surface area contributed by atoms with Gasteiger partial charge in [-0.2, -0.15) is 0 Å². The Hall–Kier alpha value is -5.07. The molecular weight excluding hydrogens is 584 g/mol. The number of anilines is 2. The van der Waals surface area contributed by atoms with Crippen LogP contribution in [0.4, 0.5) is 11.4 Å². The van der Waals surface area contributed by atoms with Crippen molar-refractivity contribution < 1.29 is 42.9 Å². The molecule has 0 spiro atoms. The predicted molar refractivity (Wildman–Crippen MR) is 161 cm³/mol. The summed E-state index contributed by atoms with van der Waals surface area (Å²) in [5.41, 5.74) is 2.28. The van der Waals surface area contributed by atoms with E-state index in [4.69, 9.17) is 18.9 Å². The molecule has 2 unspecified atom stereocenters. The molecule has 13 heteroatoms. The van der Waals surface area contributed by atoms with Crippen molar-refractivity contribution in [2.75, 3.05) is 64.4 Å². The van der Waals surface area contributed by atoms with Gasteiger partial charge in [0.05, 0.1) is 69.1 Å². The first-order valence-corrected chi connectivity index (χ1v) is 14.6. The van der Waals surface area contributed by atoms with Gasteiger partial charge in [-0.1, -0.05) is 6.58 Å². The van der Waals surface area contributed by atoms with Gasteiger partial charge >= 0.3 is 0 Å². The lowest BCUT2D eigenvalue weighted by Gasteiger charge is -2.26. The fourth-order valence-electron chi connectivity index (χ4n) is 6.32. The molecule has 45 heavy (non-hydrogen) atoms. The normalized spacial score (nSPS) is 20.9. The molecule has 0 saturated carbocycles. The number of Topliss-reactive ketones (excluding diaryl/α,β-unsaturated/α-hetero) is 2. The lowest BCUT2D eigenvalue weighted by atomic mass is 10.1.